The van der Waals surface area contributed by atoms with Gasteiger partial charge in [0.1, 0.15) is 0 Å². The molecule has 2 unspecified atom stereocenters. The number of allylic oxidation sites excluding steroid dienone is 2. The first-order chi connectivity index (χ1) is 24.7. The van der Waals surface area contributed by atoms with Crippen LogP contribution in [0.4, 0.5) is 0 Å². The van der Waals surface area contributed by atoms with Crippen LogP contribution in [0.25, 0.3) is 56.0 Å². The standard InChI is InChI=1S/2C23H21.C3H6.2ClH.Hf/c2*1-2-3-8-17-15-19-11-7-14-22(23(19)16-17)21-13-6-10-18-9-4-5-12-20(18)21;1-3-2;;;/h2*4-7,9-16H,2-3,8H2,1H3;1-3H2;2*1H;. The molecule has 6 aromatic rings. The van der Waals surface area contributed by atoms with Crippen molar-refractivity contribution < 1.29 is 20.0 Å². The first kappa shape index (κ1) is 37.1. The van der Waals surface area contributed by atoms with E-state index in [-0.39, 0.29) is 24.8 Å². The maximum Gasteiger partial charge on any atom is -0.147 e. The van der Waals surface area contributed by atoms with Gasteiger partial charge in [0.05, 0.1) is 0 Å². The SMILES string of the molecule is CCCCC1=Cc2c(-c3cccc4ccccc34)cccc2[CH]1[Hf]1([CH]2C(CCCC)=Cc3c(-c4cccc5ccccc45)cccc32)[CH2]C[CH2]1.Cl.Cl. The molecule has 1 aliphatic heterocycles. The van der Waals surface area contributed by atoms with E-state index in [9.17, 15) is 0 Å². The Morgan fingerprint density at radius 2 is 0.885 bits per heavy atom. The van der Waals surface area contributed by atoms with Gasteiger partial charge >= 0.3 is 305 Å². The summed E-state index contributed by atoms with van der Waals surface area (Å²) in [6.07, 6.45) is 14.4. The average Bonchev–Trinajstić information content (AvgIpc) is 3.71. The molecule has 2 aliphatic carbocycles. The number of fused-ring (bicyclic) bond motifs is 4. The first-order valence-corrected chi connectivity index (χ1v) is 28.6. The molecule has 9 rings (SSSR count). The smallest absolute Gasteiger partial charge is 0.147 e. The van der Waals surface area contributed by atoms with Crippen LogP contribution in [0.15, 0.2) is 132 Å². The van der Waals surface area contributed by atoms with Gasteiger partial charge in [-0.1, -0.05) is 0 Å². The normalized spacial score (nSPS) is 18.1. The molecule has 0 saturated carbocycles. The van der Waals surface area contributed by atoms with Crippen LogP contribution in [-0.4, -0.2) is 0 Å². The van der Waals surface area contributed by atoms with Crippen LogP contribution in [0.1, 0.15) is 88.4 Å². The molecule has 0 aromatic heterocycles. The molecular formula is C49H50Cl2Hf. The van der Waals surface area contributed by atoms with Crippen LogP contribution in [0, 0.1) is 0 Å². The van der Waals surface area contributed by atoms with Gasteiger partial charge in [0.2, 0.25) is 0 Å². The second kappa shape index (κ2) is 15.6. The Hall–Kier alpha value is -3.23. The van der Waals surface area contributed by atoms with Gasteiger partial charge in [-0.3, -0.25) is 0 Å². The fourth-order valence-electron chi connectivity index (χ4n) is 10.2. The topological polar surface area (TPSA) is 0 Å². The van der Waals surface area contributed by atoms with Gasteiger partial charge in [-0.2, -0.15) is 0 Å². The molecule has 3 aliphatic rings. The van der Waals surface area contributed by atoms with Gasteiger partial charge in [-0.25, -0.2) is 0 Å². The van der Waals surface area contributed by atoms with E-state index in [0.717, 1.165) is 0 Å². The minimum Gasteiger partial charge on any atom is -0.147 e. The van der Waals surface area contributed by atoms with Crippen LogP contribution in [0.5, 0.6) is 0 Å². The second-order valence-corrected chi connectivity index (χ2v) is 31.9. The van der Waals surface area contributed by atoms with Crippen LogP contribution in [0.2, 0.25) is 8.35 Å². The molecule has 0 radical (unpaired) electrons. The van der Waals surface area contributed by atoms with Gasteiger partial charge in [-0.05, 0) is 0 Å². The number of hydrogen-bond acceptors (Lipinski definition) is 0. The molecule has 0 amide bonds. The molecule has 52 heavy (non-hydrogen) atoms. The molecule has 0 bridgehead atoms. The second-order valence-electron chi connectivity index (χ2n) is 15.3. The molecule has 1 saturated heterocycles. The number of hydrogen-bond donors (Lipinski definition) is 0. The number of rotatable bonds is 10. The molecule has 0 N–H and O–H groups in total. The Morgan fingerprint density at radius 1 is 0.481 bits per heavy atom. The Bertz CT molecular complexity index is 2140. The van der Waals surface area contributed by atoms with Crippen LogP contribution in [-0.2, 0) is 20.0 Å². The third kappa shape index (κ3) is 6.10. The predicted molar refractivity (Wildman–Crippen MR) is 228 cm³/mol. The average molecular weight is 888 g/mol. The molecular weight excluding hydrogens is 838 g/mol. The Kier molecular flexibility index (Phi) is 11.2. The summed E-state index contributed by atoms with van der Waals surface area (Å²) in [5.74, 6) is 0. The van der Waals surface area contributed by atoms with E-state index < -0.39 is 20.0 Å². The van der Waals surface area contributed by atoms with E-state index in [2.05, 4.69) is 147 Å². The zero-order valence-electron chi connectivity index (χ0n) is 30.5. The molecule has 3 heteroatoms. The molecule has 6 aromatic carbocycles. The minimum absolute atomic E-state index is 0. The summed E-state index contributed by atoms with van der Waals surface area (Å²) in [5.41, 5.74) is 15.6. The van der Waals surface area contributed by atoms with Crippen molar-refractivity contribution in [2.45, 2.75) is 74.5 Å². The largest absolute Gasteiger partial charge is 0.147 e. The third-order valence-corrected chi connectivity index (χ3v) is 34.9. The fraction of sp³-hybridized carbons (Fsp3) is 0.265. The van der Waals surface area contributed by atoms with E-state index in [4.69, 9.17) is 0 Å². The Balaban J connectivity index is 0.00000210. The summed E-state index contributed by atoms with van der Waals surface area (Å²) >= 11 is -3.15. The van der Waals surface area contributed by atoms with Crippen LogP contribution < -0.4 is 0 Å². The van der Waals surface area contributed by atoms with Crippen molar-refractivity contribution in [1.82, 2.24) is 0 Å². The number of halogens is 2. The van der Waals surface area contributed by atoms with Crippen molar-refractivity contribution in [2.24, 2.45) is 0 Å². The zero-order valence-corrected chi connectivity index (χ0v) is 35.8. The maximum atomic E-state index is 2.71. The predicted octanol–water partition coefficient (Wildman–Crippen LogP) is 15.5. The van der Waals surface area contributed by atoms with Crippen molar-refractivity contribution in [3.63, 3.8) is 0 Å². The van der Waals surface area contributed by atoms with Crippen molar-refractivity contribution in [3.8, 4) is 22.3 Å². The molecule has 264 valence electrons. The monoisotopic (exact) mass is 888 g/mol. The van der Waals surface area contributed by atoms with Gasteiger partial charge in [0, 0.05) is 0 Å². The van der Waals surface area contributed by atoms with Crippen molar-refractivity contribution >= 4 is 58.5 Å². The fourth-order valence-corrected chi connectivity index (χ4v) is 33.0. The summed E-state index contributed by atoms with van der Waals surface area (Å²) in [7, 11) is 0. The summed E-state index contributed by atoms with van der Waals surface area (Å²) in [6, 6.07) is 46.4. The van der Waals surface area contributed by atoms with Crippen LogP contribution in [0.3, 0.4) is 0 Å². The van der Waals surface area contributed by atoms with Gasteiger partial charge in [0.15, 0.2) is 0 Å². The molecule has 0 spiro atoms. The van der Waals surface area contributed by atoms with Crippen molar-refractivity contribution in [2.75, 3.05) is 0 Å². The Labute approximate surface area is 327 Å². The number of benzene rings is 6. The van der Waals surface area contributed by atoms with E-state index in [1.54, 1.807) is 22.3 Å². The van der Waals surface area contributed by atoms with E-state index in [1.165, 1.54) is 108 Å². The van der Waals surface area contributed by atoms with E-state index in [1.807, 2.05) is 0 Å². The number of unbranched alkanes of at least 4 members (excludes halogenated alkanes) is 2. The molecule has 1 fully saturated rings. The summed E-state index contributed by atoms with van der Waals surface area (Å²) in [5, 5.41) is 5.40. The van der Waals surface area contributed by atoms with Crippen molar-refractivity contribution in [1.29, 1.82) is 0 Å². The minimum atomic E-state index is -3.15. The Morgan fingerprint density at radius 3 is 1.31 bits per heavy atom. The zero-order chi connectivity index (χ0) is 33.7. The molecule has 1 heterocycles. The van der Waals surface area contributed by atoms with E-state index >= 15 is 0 Å². The van der Waals surface area contributed by atoms with Gasteiger partial charge < -0.3 is 0 Å². The third-order valence-electron chi connectivity index (χ3n) is 12.5. The van der Waals surface area contributed by atoms with Crippen molar-refractivity contribution in [3.05, 3.63) is 155 Å². The van der Waals surface area contributed by atoms with Crippen LogP contribution >= 0.6 is 24.8 Å². The summed E-state index contributed by atoms with van der Waals surface area (Å²) in [4.78, 5) is 0. The molecule has 0 nitrogen and oxygen atoms in total. The quantitative estimate of drug-likeness (QED) is 0.120. The maximum absolute atomic E-state index is 3.15. The van der Waals surface area contributed by atoms with Gasteiger partial charge in [-0.15, -0.1) is 24.8 Å². The summed E-state index contributed by atoms with van der Waals surface area (Å²) < 4.78 is 4.39. The van der Waals surface area contributed by atoms with Gasteiger partial charge in [0.25, 0.3) is 0 Å². The van der Waals surface area contributed by atoms with E-state index in [0.29, 0.717) is 7.35 Å². The summed E-state index contributed by atoms with van der Waals surface area (Å²) in [6.45, 7) is 4.74. The molecule has 2 atom stereocenters. The first-order valence-electron chi connectivity index (χ1n) is 19.3.